The summed E-state index contributed by atoms with van der Waals surface area (Å²) in [4.78, 5) is 1.06. The van der Waals surface area contributed by atoms with E-state index in [-0.39, 0.29) is 16.3 Å². The number of nitrogens with zero attached hydrogens (tertiary/aromatic N) is 4. The second-order valence-corrected chi connectivity index (χ2v) is 11.4. The van der Waals surface area contributed by atoms with Crippen molar-refractivity contribution in [3.63, 3.8) is 0 Å². The summed E-state index contributed by atoms with van der Waals surface area (Å²) in [5, 5.41) is 12.7. The lowest BCUT2D eigenvalue weighted by atomic mass is 10.1. The Hall–Kier alpha value is -2.43. The van der Waals surface area contributed by atoms with Crippen LogP contribution < -0.4 is 0 Å². The molecule has 38 heavy (non-hydrogen) atoms. The number of benzene rings is 3. The van der Waals surface area contributed by atoms with Crippen LogP contribution in [-0.4, -0.2) is 24.7 Å². The van der Waals surface area contributed by atoms with E-state index in [0.29, 0.717) is 26.7 Å². The first-order valence-corrected chi connectivity index (χ1v) is 14.2. The zero-order valence-electron chi connectivity index (χ0n) is 19.5. The van der Waals surface area contributed by atoms with Crippen LogP contribution in [0.3, 0.4) is 0 Å². The molecule has 0 saturated heterocycles. The Kier molecular flexibility index (Phi) is 7.84. The van der Waals surface area contributed by atoms with E-state index in [2.05, 4.69) is 10.2 Å². The first-order chi connectivity index (χ1) is 18.1. The van der Waals surface area contributed by atoms with E-state index >= 15 is 0 Å². The number of aromatic nitrogens is 4. The van der Waals surface area contributed by atoms with Gasteiger partial charge in [-0.2, -0.15) is 24.5 Å². The molecule has 12 heteroatoms. The zero-order chi connectivity index (χ0) is 27.0. The highest BCUT2D eigenvalue weighted by Gasteiger charge is 2.33. The van der Waals surface area contributed by atoms with Gasteiger partial charge in [-0.15, -0.1) is 10.2 Å². The van der Waals surface area contributed by atoms with Crippen molar-refractivity contribution in [2.45, 2.75) is 22.0 Å². The molecule has 0 unspecified atom stereocenters. The number of alkyl halides is 3. The molecule has 4 nitrogen and oxygen atoms in total. The lowest BCUT2D eigenvalue weighted by Crippen LogP contribution is -2.09. The molecule has 2 heterocycles. The Labute approximate surface area is 239 Å². The van der Waals surface area contributed by atoms with Gasteiger partial charge >= 0.3 is 6.18 Å². The van der Waals surface area contributed by atoms with Gasteiger partial charge in [-0.05, 0) is 35.9 Å². The number of hydrogen-bond acceptors (Lipinski definition) is 3. The molecule has 0 aliphatic heterocycles. The van der Waals surface area contributed by atoms with E-state index in [1.165, 1.54) is 12.1 Å². The highest BCUT2D eigenvalue weighted by molar-refractivity contribution is 7.98. The van der Waals surface area contributed by atoms with Gasteiger partial charge < -0.3 is 4.57 Å². The van der Waals surface area contributed by atoms with Crippen LogP contribution in [0.15, 0.2) is 76.9 Å². The molecule has 0 radical (unpaired) electrons. The maximum absolute atomic E-state index is 13.6. The van der Waals surface area contributed by atoms with Crippen molar-refractivity contribution in [3.05, 3.63) is 98.9 Å². The third-order valence-electron chi connectivity index (χ3n) is 5.75. The molecule has 0 aliphatic carbocycles. The average Bonchev–Trinajstić information content (AvgIpc) is 3.42. The van der Waals surface area contributed by atoms with Crippen LogP contribution in [0.1, 0.15) is 17.0 Å². The van der Waals surface area contributed by atoms with Crippen molar-refractivity contribution < 1.29 is 13.2 Å². The van der Waals surface area contributed by atoms with Crippen molar-refractivity contribution in [1.82, 2.24) is 19.3 Å². The molecule has 0 saturated carbocycles. The lowest BCUT2D eigenvalue weighted by Gasteiger charge is -2.14. The van der Waals surface area contributed by atoms with Crippen LogP contribution >= 0.6 is 57.9 Å². The van der Waals surface area contributed by atoms with Gasteiger partial charge in [-0.25, -0.2) is 0 Å². The summed E-state index contributed by atoms with van der Waals surface area (Å²) >= 11 is 20.8. The Balaban J connectivity index is 1.56. The largest absolute Gasteiger partial charge is 0.416 e. The summed E-state index contributed by atoms with van der Waals surface area (Å²) in [6, 6.07) is 16.9. The van der Waals surface area contributed by atoms with E-state index in [1.807, 2.05) is 47.4 Å². The normalized spacial score (nSPS) is 12.4. The minimum absolute atomic E-state index is 0.0152. The van der Waals surface area contributed by atoms with Gasteiger partial charge in [0.05, 0.1) is 21.3 Å². The highest BCUT2D eigenvalue weighted by atomic mass is 35.5. The number of aryl methyl sites for hydroxylation is 1. The van der Waals surface area contributed by atoms with Gasteiger partial charge in [0.1, 0.15) is 0 Å². The fraction of sp³-hybridized carbons (Fsp3) is 0.115. The van der Waals surface area contributed by atoms with Crippen LogP contribution in [-0.2, 0) is 19.0 Å². The van der Waals surface area contributed by atoms with Gasteiger partial charge in [0.25, 0.3) is 0 Å². The fourth-order valence-corrected chi connectivity index (χ4v) is 6.68. The molecular formula is C26H18Cl3F3N4S2. The third-order valence-corrected chi connectivity index (χ3v) is 8.57. The minimum atomic E-state index is -4.54. The molecule has 0 atom stereocenters. The van der Waals surface area contributed by atoms with Gasteiger partial charge in [-0.1, -0.05) is 76.9 Å². The predicted molar refractivity (Wildman–Crippen MR) is 153 cm³/mol. The number of thiol groups is 1. The standard InChI is InChI=1S/C26H18Cl3F3N4S2/c1-35-12-22(17-5-2-3-8-21(17)35)37-14-23-33-34-25(36(23)24-19(28)6-4-7-20(24)29)38-13-15-9-10-16(27)11-18(15)26(30,31)32/h2-12,14,37H,13H2,1H3. The topological polar surface area (TPSA) is 35.6 Å². The Morgan fingerprint density at radius 1 is 0.974 bits per heavy atom. The number of halogens is 6. The van der Waals surface area contributed by atoms with Crippen molar-refractivity contribution in [3.8, 4) is 5.69 Å². The van der Waals surface area contributed by atoms with Crippen molar-refractivity contribution in [1.29, 1.82) is 0 Å². The molecule has 5 rings (SSSR count). The Bertz CT molecular complexity index is 1660. The Morgan fingerprint density at radius 2 is 1.71 bits per heavy atom. The predicted octanol–water partition coefficient (Wildman–Crippen LogP) is 8.71. The smallest absolute Gasteiger partial charge is 0.349 e. The zero-order valence-corrected chi connectivity index (χ0v) is 23.5. The molecule has 0 amide bonds. The van der Waals surface area contributed by atoms with E-state index in [0.717, 1.165) is 45.0 Å². The molecule has 0 aliphatic rings. The second kappa shape index (κ2) is 11.0. The average molecular weight is 614 g/mol. The van der Waals surface area contributed by atoms with E-state index in [4.69, 9.17) is 34.8 Å². The van der Waals surface area contributed by atoms with Gasteiger partial charge in [0.15, 0.2) is 11.0 Å². The molecule has 5 aromatic rings. The maximum atomic E-state index is 13.6. The lowest BCUT2D eigenvalue weighted by molar-refractivity contribution is -0.138. The van der Waals surface area contributed by atoms with Crippen molar-refractivity contribution in [2.24, 2.45) is 7.05 Å². The summed E-state index contributed by atoms with van der Waals surface area (Å²) in [5.74, 6) is 0.442. The van der Waals surface area contributed by atoms with Crippen LogP contribution in [0.2, 0.25) is 15.1 Å². The number of hydrogen-bond donors (Lipinski definition) is 1. The van der Waals surface area contributed by atoms with Crippen molar-refractivity contribution >= 4 is 74.2 Å². The SMILES string of the molecule is Cn1cc([SH]=Cc2nnc(SCc3ccc(Cl)cc3C(F)(F)F)n2-c2c(Cl)cccc2Cl)c2ccccc21. The third kappa shape index (κ3) is 5.49. The maximum Gasteiger partial charge on any atom is 0.416 e. The quantitative estimate of drug-likeness (QED) is 0.118. The van der Waals surface area contributed by atoms with Crippen LogP contribution in [0, 0.1) is 0 Å². The van der Waals surface area contributed by atoms with Crippen LogP contribution in [0.25, 0.3) is 16.6 Å². The molecule has 0 spiro atoms. The van der Waals surface area contributed by atoms with Gasteiger partial charge in [0, 0.05) is 45.2 Å². The molecule has 2 aromatic heterocycles. The first-order valence-electron chi connectivity index (χ1n) is 11.1. The summed E-state index contributed by atoms with van der Waals surface area (Å²) in [6.45, 7) is 0. The highest BCUT2D eigenvalue weighted by Crippen LogP contribution is 2.38. The number of rotatable bonds is 6. The minimum Gasteiger partial charge on any atom is -0.349 e. The molecule has 0 fully saturated rings. The van der Waals surface area contributed by atoms with Crippen molar-refractivity contribution in [2.75, 3.05) is 0 Å². The number of para-hydroxylation sites is 2. The summed E-state index contributed by atoms with van der Waals surface area (Å²) in [7, 11) is 1.98. The van der Waals surface area contributed by atoms with Crippen LogP contribution in [0.4, 0.5) is 13.2 Å². The van der Waals surface area contributed by atoms with Gasteiger partial charge in [0.2, 0.25) is 0 Å². The van der Waals surface area contributed by atoms with E-state index < -0.39 is 11.7 Å². The van der Waals surface area contributed by atoms with Crippen LogP contribution in [0.5, 0.6) is 0 Å². The van der Waals surface area contributed by atoms with E-state index in [1.54, 1.807) is 22.8 Å². The van der Waals surface area contributed by atoms with E-state index in [9.17, 15) is 13.2 Å². The first kappa shape index (κ1) is 27.1. The monoisotopic (exact) mass is 612 g/mol. The van der Waals surface area contributed by atoms with Gasteiger partial charge in [-0.3, -0.25) is 4.57 Å². The second-order valence-electron chi connectivity index (χ2n) is 8.23. The fourth-order valence-electron chi connectivity index (χ4n) is 4.00. The molecule has 196 valence electrons. The molecule has 0 N–H and O–H groups in total. The molecule has 0 bridgehead atoms. The summed E-state index contributed by atoms with van der Waals surface area (Å²) < 4.78 is 44.6. The number of thioether (sulfide) groups is 1. The molecule has 3 aromatic carbocycles. The Morgan fingerprint density at radius 3 is 2.45 bits per heavy atom. The summed E-state index contributed by atoms with van der Waals surface area (Å²) in [6.07, 6.45) is -2.50. The molecular weight excluding hydrogens is 596 g/mol. The summed E-state index contributed by atoms with van der Waals surface area (Å²) in [5.41, 5.74) is 0.834. The number of fused-ring (bicyclic) bond motifs is 1.